The van der Waals surface area contributed by atoms with Gasteiger partial charge in [-0.3, -0.25) is 10.1 Å². The van der Waals surface area contributed by atoms with Gasteiger partial charge in [0.2, 0.25) is 0 Å². The number of hydrogen-bond acceptors (Lipinski definition) is 4. The monoisotopic (exact) mass is 285 g/mol. The molecule has 4 nitrogen and oxygen atoms in total. The van der Waals surface area contributed by atoms with Crippen LogP contribution in [0.1, 0.15) is 39.9 Å². The van der Waals surface area contributed by atoms with E-state index in [1.54, 1.807) is 24.9 Å². The molecule has 2 N–H and O–H groups in total. The number of carbonyl (C=O) groups is 1. The van der Waals surface area contributed by atoms with Gasteiger partial charge in [0.05, 0.1) is 6.26 Å². The van der Waals surface area contributed by atoms with Gasteiger partial charge in [-0.1, -0.05) is 6.92 Å². The summed E-state index contributed by atoms with van der Waals surface area (Å²) in [5.41, 5.74) is -0.905. The van der Waals surface area contributed by atoms with Crippen molar-refractivity contribution in [2.24, 2.45) is 0 Å². The molecule has 1 rings (SSSR count). The lowest BCUT2D eigenvalue weighted by molar-refractivity contribution is -0.144. The number of carboxylic acid groups (broad SMARTS) is 1. The Kier molecular flexibility index (Phi) is 5.50. The van der Waals surface area contributed by atoms with Crippen molar-refractivity contribution >= 4 is 17.7 Å². The minimum Gasteiger partial charge on any atom is -0.480 e. The molecule has 0 radical (unpaired) electrons. The van der Waals surface area contributed by atoms with Crippen molar-refractivity contribution in [2.45, 2.75) is 62.8 Å². The molecule has 0 aliphatic carbocycles. The van der Waals surface area contributed by atoms with Gasteiger partial charge in [0.1, 0.15) is 11.3 Å². The highest BCUT2D eigenvalue weighted by Crippen LogP contribution is 2.31. The number of aliphatic carboxylic acids is 1. The molecule has 0 spiro atoms. The van der Waals surface area contributed by atoms with Crippen LogP contribution in [0.2, 0.25) is 0 Å². The van der Waals surface area contributed by atoms with Crippen LogP contribution in [0.25, 0.3) is 0 Å². The summed E-state index contributed by atoms with van der Waals surface area (Å²) in [6.07, 6.45) is 2.21. The van der Waals surface area contributed by atoms with E-state index in [1.807, 2.05) is 33.8 Å². The lowest BCUT2D eigenvalue weighted by Crippen LogP contribution is -2.53. The second-order valence-corrected chi connectivity index (χ2v) is 6.89. The van der Waals surface area contributed by atoms with Gasteiger partial charge in [0.25, 0.3) is 0 Å². The summed E-state index contributed by atoms with van der Waals surface area (Å²) in [6.45, 7) is 9.62. The van der Waals surface area contributed by atoms with E-state index < -0.39 is 11.5 Å². The summed E-state index contributed by atoms with van der Waals surface area (Å²) in [5, 5.41) is 12.7. The van der Waals surface area contributed by atoms with Gasteiger partial charge < -0.3 is 9.52 Å². The van der Waals surface area contributed by atoms with E-state index in [9.17, 15) is 9.90 Å². The van der Waals surface area contributed by atoms with E-state index in [4.69, 9.17) is 4.42 Å². The van der Waals surface area contributed by atoms with E-state index in [0.29, 0.717) is 6.42 Å². The van der Waals surface area contributed by atoms with Gasteiger partial charge in [0, 0.05) is 16.2 Å². The van der Waals surface area contributed by atoms with E-state index in [2.05, 4.69) is 5.32 Å². The molecular formula is C14H23NO3S. The molecule has 0 fully saturated rings. The van der Waals surface area contributed by atoms with Gasteiger partial charge in [-0.15, -0.1) is 11.8 Å². The van der Waals surface area contributed by atoms with Crippen LogP contribution >= 0.6 is 11.8 Å². The number of thioether (sulfide) groups is 1. The molecule has 19 heavy (non-hydrogen) atoms. The molecule has 1 aromatic heterocycles. The molecular weight excluding hydrogens is 262 g/mol. The Morgan fingerprint density at radius 1 is 1.53 bits per heavy atom. The summed E-state index contributed by atoms with van der Waals surface area (Å²) in [4.78, 5) is 12.5. The summed E-state index contributed by atoms with van der Waals surface area (Å²) in [7, 11) is 0. The molecule has 1 aromatic rings. The van der Waals surface area contributed by atoms with Gasteiger partial charge in [-0.25, -0.2) is 0 Å². The van der Waals surface area contributed by atoms with Gasteiger partial charge in [-0.05, 0) is 40.2 Å². The lowest BCUT2D eigenvalue weighted by atomic mass is 9.95. The molecule has 0 bridgehead atoms. The molecule has 5 heteroatoms. The van der Waals surface area contributed by atoms with Crippen LogP contribution in [-0.4, -0.2) is 27.9 Å². The maximum atomic E-state index is 11.5. The SMILES string of the molecule is Cc1occc1SC(C)CC(C)(NC(C)C)C(=O)O. The maximum absolute atomic E-state index is 11.5. The number of nitrogens with one attached hydrogen (secondary N) is 1. The van der Waals surface area contributed by atoms with Crippen molar-refractivity contribution in [1.29, 1.82) is 0 Å². The van der Waals surface area contributed by atoms with Crippen LogP contribution in [-0.2, 0) is 4.79 Å². The zero-order chi connectivity index (χ0) is 14.6. The minimum atomic E-state index is -0.905. The van der Waals surface area contributed by atoms with Crippen LogP contribution < -0.4 is 5.32 Å². The minimum absolute atomic E-state index is 0.133. The van der Waals surface area contributed by atoms with Crippen molar-refractivity contribution in [3.05, 3.63) is 18.1 Å². The predicted molar refractivity (Wildman–Crippen MR) is 77.7 cm³/mol. The van der Waals surface area contributed by atoms with Crippen molar-refractivity contribution in [3.8, 4) is 0 Å². The second-order valence-electron chi connectivity index (χ2n) is 5.41. The average Bonchev–Trinajstić information content (AvgIpc) is 2.62. The van der Waals surface area contributed by atoms with Crippen molar-refractivity contribution in [2.75, 3.05) is 0 Å². The fourth-order valence-corrected chi connectivity index (χ4v) is 3.37. The van der Waals surface area contributed by atoms with Crippen molar-refractivity contribution in [1.82, 2.24) is 5.32 Å². The van der Waals surface area contributed by atoms with Gasteiger partial charge >= 0.3 is 5.97 Å². The van der Waals surface area contributed by atoms with Crippen molar-refractivity contribution < 1.29 is 14.3 Å². The van der Waals surface area contributed by atoms with E-state index in [0.717, 1.165) is 10.7 Å². The van der Waals surface area contributed by atoms with Crippen LogP contribution in [0.4, 0.5) is 0 Å². The summed E-state index contributed by atoms with van der Waals surface area (Å²) in [5.74, 6) is 0.0725. The zero-order valence-corrected chi connectivity index (χ0v) is 13.0. The van der Waals surface area contributed by atoms with Crippen LogP contribution in [0.3, 0.4) is 0 Å². The number of hydrogen-bond donors (Lipinski definition) is 2. The molecule has 2 atom stereocenters. The highest BCUT2D eigenvalue weighted by Gasteiger charge is 2.35. The highest BCUT2D eigenvalue weighted by molar-refractivity contribution is 8.00. The first kappa shape index (κ1) is 16.1. The maximum Gasteiger partial charge on any atom is 0.323 e. The van der Waals surface area contributed by atoms with E-state index >= 15 is 0 Å². The standard InChI is InChI=1S/C14H23NO3S/c1-9(2)15-14(5,13(16)17)8-10(3)19-12-6-7-18-11(12)4/h6-7,9-10,15H,8H2,1-5H3,(H,16,17). The molecule has 0 aliphatic rings. The van der Waals surface area contributed by atoms with Crippen molar-refractivity contribution in [3.63, 3.8) is 0 Å². The first-order valence-electron chi connectivity index (χ1n) is 6.46. The number of rotatable bonds is 7. The number of furan rings is 1. The van der Waals surface area contributed by atoms with E-state index in [1.165, 1.54) is 0 Å². The van der Waals surface area contributed by atoms with Crippen LogP contribution in [0, 0.1) is 6.92 Å². The third-order valence-corrected chi connectivity index (χ3v) is 4.16. The Morgan fingerprint density at radius 3 is 2.58 bits per heavy atom. The molecule has 0 amide bonds. The Morgan fingerprint density at radius 2 is 2.16 bits per heavy atom. The number of aryl methyl sites for hydroxylation is 1. The molecule has 108 valence electrons. The molecule has 0 saturated heterocycles. The molecule has 2 unspecified atom stereocenters. The quantitative estimate of drug-likeness (QED) is 0.753. The van der Waals surface area contributed by atoms with Gasteiger partial charge in [-0.2, -0.15) is 0 Å². The Labute approximate surface area is 119 Å². The van der Waals surface area contributed by atoms with E-state index in [-0.39, 0.29) is 11.3 Å². The molecule has 0 saturated carbocycles. The fourth-order valence-electron chi connectivity index (χ4n) is 2.17. The Hall–Kier alpha value is -0.940. The molecule has 1 heterocycles. The molecule has 0 aliphatic heterocycles. The predicted octanol–water partition coefficient (Wildman–Crippen LogP) is 3.30. The topological polar surface area (TPSA) is 62.5 Å². The Balaban J connectivity index is 2.69. The highest BCUT2D eigenvalue weighted by atomic mass is 32.2. The lowest BCUT2D eigenvalue weighted by Gasteiger charge is -2.31. The Bertz CT molecular complexity index is 430. The normalized spacial score (nSPS) is 16.3. The smallest absolute Gasteiger partial charge is 0.323 e. The first-order chi connectivity index (χ1) is 8.74. The third-order valence-electron chi connectivity index (χ3n) is 2.91. The first-order valence-corrected chi connectivity index (χ1v) is 7.34. The third kappa shape index (κ3) is 4.58. The molecule has 0 aromatic carbocycles. The zero-order valence-electron chi connectivity index (χ0n) is 12.2. The summed E-state index contributed by atoms with van der Waals surface area (Å²) < 4.78 is 5.25. The average molecular weight is 285 g/mol. The summed E-state index contributed by atoms with van der Waals surface area (Å²) >= 11 is 1.65. The van der Waals surface area contributed by atoms with Gasteiger partial charge in [0.15, 0.2) is 0 Å². The van der Waals surface area contributed by atoms with Crippen LogP contribution in [0.15, 0.2) is 21.6 Å². The summed E-state index contributed by atoms with van der Waals surface area (Å²) in [6, 6.07) is 2.05. The second kappa shape index (κ2) is 6.48. The largest absolute Gasteiger partial charge is 0.480 e. The van der Waals surface area contributed by atoms with Crippen LogP contribution in [0.5, 0.6) is 0 Å². The fraction of sp³-hybridized carbons (Fsp3) is 0.643. The number of carboxylic acids is 1.